The number of rotatable bonds is 2. The van der Waals surface area contributed by atoms with Crippen molar-refractivity contribution in [1.29, 1.82) is 0 Å². The molecule has 4 rings (SSSR count). The average molecular weight is 295 g/mol. The molecule has 1 aliphatic rings. The van der Waals surface area contributed by atoms with Crippen molar-refractivity contribution >= 4 is 17.0 Å². The number of aromatic nitrogens is 2. The molecule has 21 heavy (non-hydrogen) atoms. The maximum atomic E-state index is 5.60. The number of pyridine rings is 1. The number of benzene rings is 1. The van der Waals surface area contributed by atoms with Crippen LogP contribution in [-0.4, -0.2) is 23.1 Å². The van der Waals surface area contributed by atoms with E-state index >= 15 is 0 Å². The molecule has 0 saturated carbocycles. The number of hydrogen-bond acceptors (Lipinski definition) is 5. The van der Waals surface area contributed by atoms with Gasteiger partial charge in [0.05, 0.1) is 11.4 Å². The molecule has 1 aromatic carbocycles. The second kappa shape index (κ2) is 5.18. The largest absolute Gasteiger partial charge is 0.490 e. The summed E-state index contributed by atoms with van der Waals surface area (Å²) in [6.45, 7) is 1.56. The summed E-state index contributed by atoms with van der Waals surface area (Å²) >= 11 is 1.64. The lowest BCUT2D eigenvalue weighted by atomic mass is 10.1. The van der Waals surface area contributed by atoms with E-state index in [0.717, 1.165) is 46.4 Å². The molecule has 104 valence electrons. The van der Waals surface area contributed by atoms with Gasteiger partial charge in [-0.05, 0) is 30.3 Å². The summed E-state index contributed by atoms with van der Waals surface area (Å²) < 4.78 is 5.60. The third-order valence-corrected chi connectivity index (χ3v) is 4.25. The van der Waals surface area contributed by atoms with Gasteiger partial charge >= 0.3 is 0 Å². The molecule has 0 unspecified atom stereocenters. The number of ether oxygens (including phenoxy) is 1. The van der Waals surface area contributed by atoms with Crippen molar-refractivity contribution in [1.82, 2.24) is 9.97 Å². The second-order valence-corrected chi connectivity index (χ2v) is 5.62. The Morgan fingerprint density at radius 3 is 3.10 bits per heavy atom. The van der Waals surface area contributed by atoms with Gasteiger partial charge in [0.15, 0.2) is 0 Å². The molecule has 1 N–H and O–H groups in total. The van der Waals surface area contributed by atoms with Crippen LogP contribution in [0.4, 0.5) is 5.69 Å². The molecule has 3 heterocycles. The van der Waals surface area contributed by atoms with Gasteiger partial charge in [-0.25, -0.2) is 4.98 Å². The molecule has 3 aromatic rings. The standard InChI is InChI=1S/C16H13N3OS/c1-2-12(9-17-5-1)14-10-21-16(19-14)11-3-4-15-13(8-11)18-6-7-20-15/h1-5,8-10,18H,6-7H2. The third kappa shape index (κ3) is 2.36. The monoisotopic (exact) mass is 295 g/mol. The number of nitrogens with one attached hydrogen (secondary N) is 1. The van der Waals surface area contributed by atoms with E-state index in [1.165, 1.54) is 0 Å². The SMILES string of the molecule is c1cncc(-c2csc(-c3ccc4c(c3)NCCO4)n2)c1. The van der Waals surface area contributed by atoms with Gasteiger partial charge < -0.3 is 10.1 Å². The van der Waals surface area contributed by atoms with Crippen molar-refractivity contribution < 1.29 is 4.74 Å². The first-order valence-electron chi connectivity index (χ1n) is 6.77. The highest BCUT2D eigenvalue weighted by molar-refractivity contribution is 7.13. The van der Waals surface area contributed by atoms with Gasteiger partial charge in [-0.15, -0.1) is 11.3 Å². The van der Waals surface area contributed by atoms with E-state index in [1.54, 1.807) is 17.5 Å². The molecule has 0 spiro atoms. The van der Waals surface area contributed by atoms with Gasteiger partial charge in [0.1, 0.15) is 17.4 Å². The van der Waals surface area contributed by atoms with E-state index in [-0.39, 0.29) is 0 Å². The molecular formula is C16H13N3OS. The molecule has 2 aromatic heterocycles. The fourth-order valence-corrected chi connectivity index (χ4v) is 3.15. The van der Waals surface area contributed by atoms with Crippen LogP contribution in [-0.2, 0) is 0 Å². The van der Waals surface area contributed by atoms with Gasteiger partial charge in [-0.2, -0.15) is 0 Å². The molecule has 0 fully saturated rings. The minimum Gasteiger partial charge on any atom is -0.490 e. The van der Waals surface area contributed by atoms with Crippen LogP contribution in [0.5, 0.6) is 5.75 Å². The number of thiazole rings is 1. The Balaban J connectivity index is 1.70. The van der Waals surface area contributed by atoms with Crippen molar-refractivity contribution in [3.05, 3.63) is 48.1 Å². The first kappa shape index (κ1) is 12.3. The van der Waals surface area contributed by atoms with Crippen molar-refractivity contribution in [2.45, 2.75) is 0 Å². The number of hydrogen-bond donors (Lipinski definition) is 1. The van der Waals surface area contributed by atoms with E-state index in [1.807, 2.05) is 24.4 Å². The van der Waals surface area contributed by atoms with E-state index in [0.29, 0.717) is 0 Å². The van der Waals surface area contributed by atoms with Crippen molar-refractivity contribution in [3.63, 3.8) is 0 Å². The first-order chi connectivity index (χ1) is 10.4. The van der Waals surface area contributed by atoms with Gasteiger partial charge in [-0.1, -0.05) is 0 Å². The number of anilines is 1. The maximum Gasteiger partial charge on any atom is 0.142 e. The molecule has 4 nitrogen and oxygen atoms in total. The Bertz CT molecular complexity index is 770. The molecule has 0 amide bonds. The minimum absolute atomic E-state index is 0.717. The quantitative estimate of drug-likeness (QED) is 0.783. The molecule has 1 aliphatic heterocycles. The van der Waals surface area contributed by atoms with E-state index in [4.69, 9.17) is 9.72 Å². The van der Waals surface area contributed by atoms with E-state index < -0.39 is 0 Å². The van der Waals surface area contributed by atoms with Crippen LogP contribution < -0.4 is 10.1 Å². The van der Waals surface area contributed by atoms with Crippen LogP contribution in [0.3, 0.4) is 0 Å². The van der Waals surface area contributed by atoms with Crippen LogP contribution >= 0.6 is 11.3 Å². The smallest absolute Gasteiger partial charge is 0.142 e. The highest BCUT2D eigenvalue weighted by Gasteiger charge is 2.12. The normalized spacial score (nSPS) is 13.1. The fraction of sp³-hybridized carbons (Fsp3) is 0.125. The van der Waals surface area contributed by atoms with E-state index in [2.05, 4.69) is 27.8 Å². The first-order valence-corrected chi connectivity index (χ1v) is 7.65. The summed E-state index contributed by atoms with van der Waals surface area (Å²) in [5.41, 5.74) is 4.15. The summed E-state index contributed by atoms with van der Waals surface area (Å²) in [7, 11) is 0. The fourth-order valence-electron chi connectivity index (χ4n) is 2.33. The predicted molar refractivity (Wildman–Crippen MR) is 84.8 cm³/mol. The zero-order chi connectivity index (χ0) is 14.1. The Morgan fingerprint density at radius 2 is 2.19 bits per heavy atom. The Morgan fingerprint density at radius 1 is 1.19 bits per heavy atom. The topological polar surface area (TPSA) is 47.0 Å². The number of nitrogens with zero attached hydrogens (tertiary/aromatic N) is 2. The Hall–Kier alpha value is -2.40. The van der Waals surface area contributed by atoms with Crippen molar-refractivity contribution in [2.75, 3.05) is 18.5 Å². The summed E-state index contributed by atoms with van der Waals surface area (Å²) in [4.78, 5) is 8.85. The summed E-state index contributed by atoms with van der Waals surface area (Å²) in [5.74, 6) is 0.911. The number of fused-ring (bicyclic) bond motifs is 1. The van der Waals surface area contributed by atoms with Crippen molar-refractivity contribution in [3.8, 4) is 27.6 Å². The van der Waals surface area contributed by atoms with Crippen molar-refractivity contribution in [2.24, 2.45) is 0 Å². The summed E-state index contributed by atoms with van der Waals surface area (Å²) in [6, 6.07) is 10.1. The lowest BCUT2D eigenvalue weighted by molar-refractivity contribution is 0.323. The van der Waals surface area contributed by atoms with Crippen LogP contribution in [0.25, 0.3) is 21.8 Å². The maximum absolute atomic E-state index is 5.60. The second-order valence-electron chi connectivity index (χ2n) is 4.77. The highest BCUT2D eigenvalue weighted by Crippen LogP contribution is 2.34. The summed E-state index contributed by atoms with van der Waals surface area (Å²) in [5, 5.41) is 6.42. The molecule has 0 aliphatic carbocycles. The van der Waals surface area contributed by atoms with Gasteiger partial charge in [-0.3, -0.25) is 4.98 Å². The highest BCUT2D eigenvalue weighted by atomic mass is 32.1. The van der Waals surface area contributed by atoms with Crippen LogP contribution in [0.15, 0.2) is 48.1 Å². The lowest BCUT2D eigenvalue weighted by Crippen LogP contribution is -2.17. The average Bonchev–Trinajstić information content (AvgIpc) is 3.05. The van der Waals surface area contributed by atoms with Gasteiger partial charge in [0, 0.05) is 35.4 Å². The lowest BCUT2D eigenvalue weighted by Gasteiger charge is -2.19. The van der Waals surface area contributed by atoms with Gasteiger partial charge in [0.2, 0.25) is 0 Å². The molecule has 0 saturated heterocycles. The Kier molecular flexibility index (Phi) is 3.05. The van der Waals surface area contributed by atoms with Crippen LogP contribution in [0, 0.1) is 0 Å². The predicted octanol–water partition coefficient (Wildman–Crippen LogP) is 3.68. The molecule has 0 atom stereocenters. The molecule has 0 radical (unpaired) electrons. The Labute approximate surface area is 126 Å². The zero-order valence-electron chi connectivity index (χ0n) is 11.2. The summed E-state index contributed by atoms with van der Waals surface area (Å²) in [6.07, 6.45) is 3.60. The minimum atomic E-state index is 0.717. The molecule has 5 heteroatoms. The van der Waals surface area contributed by atoms with E-state index in [9.17, 15) is 0 Å². The third-order valence-electron chi connectivity index (χ3n) is 3.36. The van der Waals surface area contributed by atoms with Crippen LogP contribution in [0.1, 0.15) is 0 Å². The molecule has 0 bridgehead atoms. The van der Waals surface area contributed by atoms with Crippen LogP contribution in [0.2, 0.25) is 0 Å². The molecular weight excluding hydrogens is 282 g/mol. The van der Waals surface area contributed by atoms with Gasteiger partial charge in [0.25, 0.3) is 0 Å². The zero-order valence-corrected chi connectivity index (χ0v) is 12.1.